The average molecular weight is 307 g/mol. The molecular weight excluding hydrogens is 297 g/mol. The van der Waals surface area contributed by atoms with Gasteiger partial charge in [-0.1, -0.05) is 27.5 Å². The van der Waals surface area contributed by atoms with Gasteiger partial charge in [0.25, 0.3) is 0 Å². The fourth-order valence-corrected chi connectivity index (χ4v) is 1.74. The Hall–Kier alpha value is -1.07. The lowest BCUT2D eigenvalue weighted by Crippen LogP contribution is -2.13. The first kappa shape index (κ1) is 13.0. The molecule has 0 heterocycles. The molecule has 0 unspecified atom stereocenters. The van der Waals surface area contributed by atoms with Gasteiger partial charge >= 0.3 is 5.97 Å². The van der Waals surface area contributed by atoms with Crippen molar-refractivity contribution in [2.75, 3.05) is 5.32 Å². The number of rotatable bonds is 4. The summed E-state index contributed by atoms with van der Waals surface area (Å²) < 4.78 is 0.807. The van der Waals surface area contributed by atoms with Crippen LogP contribution in [0.15, 0.2) is 22.7 Å². The van der Waals surface area contributed by atoms with Crippen LogP contribution in [-0.2, 0) is 9.59 Å². The minimum absolute atomic E-state index is 0.0677. The van der Waals surface area contributed by atoms with Gasteiger partial charge in [-0.25, -0.2) is 0 Å². The van der Waals surface area contributed by atoms with E-state index in [0.29, 0.717) is 10.7 Å². The van der Waals surface area contributed by atoms with Gasteiger partial charge in [0.1, 0.15) is 0 Å². The number of carboxylic acids is 1. The number of amides is 1. The van der Waals surface area contributed by atoms with Gasteiger partial charge in [-0.15, -0.1) is 0 Å². The topological polar surface area (TPSA) is 66.4 Å². The van der Waals surface area contributed by atoms with E-state index in [1.807, 2.05) is 0 Å². The number of anilines is 1. The minimum atomic E-state index is -1.00. The highest BCUT2D eigenvalue weighted by atomic mass is 79.9. The maximum atomic E-state index is 11.3. The Morgan fingerprint density at radius 1 is 1.38 bits per heavy atom. The maximum Gasteiger partial charge on any atom is 0.303 e. The molecule has 1 aromatic rings. The summed E-state index contributed by atoms with van der Waals surface area (Å²) in [5, 5.41) is 11.3. The molecule has 0 fully saturated rings. The van der Waals surface area contributed by atoms with Crippen LogP contribution in [0, 0.1) is 0 Å². The van der Waals surface area contributed by atoms with Crippen LogP contribution in [0.4, 0.5) is 5.69 Å². The van der Waals surface area contributed by atoms with Crippen molar-refractivity contribution in [3.05, 3.63) is 27.7 Å². The summed E-state index contributed by atoms with van der Waals surface area (Å²) >= 11 is 9.11. The third kappa shape index (κ3) is 4.20. The Labute approximate surface area is 106 Å². The summed E-state index contributed by atoms with van der Waals surface area (Å²) in [4.78, 5) is 21.6. The van der Waals surface area contributed by atoms with Gasteiger partial charge in [0.05, 0.1) is 17.1 Å². The maximum absolute atomic E-state index is 11.3. The van der Waals surface area contributed by atoms with Crippen LogP contribution in [0.1, 0.15) is 12.8 Å². The number of nitrogens with one attached hydrogen (secondary N) is 1. The smallest absolute Gasteiger partial charge is 0.303 e. The lowest BCUT2D eigenvalue weighted by Gasteiger charge is -2.06. The van der Waals surface area contributed by atoms with Gasteiger partial charge in [-0.2, -0.15) is 0 Å². The normalized spacial score (nSPS) is 9.88. The number of hydrogen-bond donors (Lipinski definition) is 2. The van der Waals surface area contributed by atoms with Crippen LogP contribution in [0.2, 0.25) is 5.02 Å². The van der Waals surface area contributed by atoms with Gasteiger partial charge in [-0.3, -0.25) is 9.59 Å². The standard InChI is InChI=1S/C10H9BrClNO3/c11-6-1-2-8(7(12)5-6)13-9(14)3-4-10(15)16/h1-2,5H,3-4H2,(H,13,14)(H,15,16). The average Bonchev–Trinajstić information content (AvgIpc) is 2.19. The van der Waals surface area contributed by atoms with Crippen LogP contribution in [-0.4, -0.2) is 17.0 Å². The van der Waals surface area contributed by atoms with Crippen LogP contribution >= 0.6 is 27.5 Å². The zero-order chi connectivity index (χ0) is 12.1. The van der Waals surface area contributed by atoms with Crippen LogP contribution in [0.25, 0.3) is 0 Å². The van der Waals surface area contributed by atoms with Crippen LogP contribution < -0.4 is 5.32 Å². The van der Waals surface area contributed by atoms with Crippen molar-refractivity contribution in [1.29, 1.82) is 0 Å². The Bertz CT molecular complexity index is 423. The molecule has 86 valence electrons. The fraction of sp³-hybridized carbons (Fsp3) is 0.200. The molecule has 16 heavy (non-hydrogen) atoms. The van der Waals surface area contributed by atoms with Crippen molar-refractivity contribution in [3.8, 4) is 0 Å². The zero-order valence-corrected chi connectivity index (χ0v) is 10.5. The molecule has 0 spiro atoms. The zero-order valence-electron chi connectivity index (χ0n) is 8.17. The van der Waals surface area contributed by atoms with E-state index < -0.39 is 5.97 Å². The third-order valence-corrected chi connectivity index (χ3v) is 2.58. The van der Waals surface area contributed by atoms with Gasteiger partial charge in [0.15, 0.2) is 0 Å². The largest absolute Gasteiger partial charge is 0.481 e. The number of halogens is 2. The molecule has 0 aliphatic heterocycles. The number of aliphatic carboxylic acids is 1. The molecule has 1 amide bonds. The van der Waals surface area contributed by atoms with E-state index in [0.717, 1.165) is 4.47 Å². The van der Waals surface area contributed by atoms with E-state index in [-0.39, 0.29) is 18.7 Å². The molecule has 6 heteroatoms. The van der Waals surface area contributed by atoms with Crippen molar-refractivity contribution in [1.82, 2.24) is 0 Å². The summed E-state index contributed by atoms with van der Waals surface area (Å²) in [5.41, 5.74) is 0.472. The highest BCUT2D eigenvalue weighted by Gasteiger charge is 2.08. The molecule has 1 aromatic carbocycles. The SMILES string of the molecule is O=C(O)CCC(=O)Nc1ccc(Br)cc1Cl. The Morgan fingerprint density at radius 2 is 2.06 bits per heavy atom. The summed E-state index contributed by atoms with van der Waals surface area (Å²) in [6, 6.07) is 5.03. The predicted molar refractivity (Wildman–Crippen MR) is 64.7 cm³/mol. The number of carboxylic acid groups (broad SMARTS) is 1. The van der Waals surface area contributed by atoms with Crippen LogP contribution in [0.5, 0.6) is 0 Å². The highest BCUT2D eigenvalue weighted by Crippen LogP contribution is 2.25. The van der Waals surface area contributed by atoms with E-state index in [2.05, 4.69) is 21.2 Å². The molecule has 1 rings (SSSR count). The van der Waals surface area contributed by atoms with Crippen LogP contribution in [0.3, 0.4) is 0 Å². The molecule has 0 atom stereocenters. The van der Waals surface area contributed by atoms with Gasteiger partial charge in [0.2, 0.25) is 5.91 Å². The van der Waals surface area contributed by atoms with Gasteiger partial charge in [0, 0.05) is 10.9 Å². The first-order chi connectivity index (χ1) is 7.49. The quantitative estimate of drug-likeness (QED) is 0.899. The molecule has 0 saturated carbocycles. The molecule has 0 aliphatic carbocycles. The molecule has 4 nitrogen and oxygen atoms in total. The minimum Gasteiger partial charge on any atom is -0.481 e. The number of carbonyl (C=O) groups is 2. The second kappa shape index (κ2) is 5.86. The second-order valence-corrected chi connectivity index (χ2v) is 4.39. The Kier molecular flexibility index (Phi) is 4.76. The highest BCUT2D eigenvalue weighted by molar-refractivity contribution is 9.10. The van der Waals surface area contributed by atoms with Crippen molar-refractivity contribution in [2.45, 2.75) is 12.8 Å². The third-order valence-electron chi connectivity index (χ3n) is 1.77. The summed E-state index contributed by atoms with van der Waals surface area (Å²) in [7, 11) is 0. The molecule has 0 bridgehead atoms. The van der Waals surface area contributed by atoms with E-state index in [4.69, 9.17) is 16.7 Å². The van der Waals surface area contributed by atoms with Crippen molar-refractivity contribution in [3.63, 3.8) is 0 Å². The van der Waals surface area contributed by atoms with E-state index in [1.165, 1.54) is 0 Å². The molecule has 0 saturated heterocycles. The first-order valence-electron chi connectivity index (χ1n) is 4.45. The molecule has 2 N–H and O–H groups in total. The fourth-order valence-electron chi connectivity index (χ4n) is 1.02. The summed E-state index contributed by atoms with van der Waals surface area (Å²) in [6.45, 7) is 0. The lowest BCUT2D eigenvalue weighted by atomic mass is 10.2. The van der Waals surface area contributed by atoms with Crippen molar-refractivity contribution in [2.24, 2.45) is 0 Å². The molecular formula is C10H9BrClNO3. The second-order valence-electron chi connectivity index (χ2n) is 3.07. The number of hydrogen-bond acceptors (Lipinski definition) is 2. The Balaban J connectivity index is 2.59. The first-order valence-corrected chi connectivity index (χ1v) is 5.63. The Morgan fingerprint density at radius 3 is 2.62 bits per heavy atom. The van der Waals surface area contributed by atoms with Gasteiger partial charge < -0.3 is 10.4 Å². The van der Waals surface area contributed by atoms with E-state index in [9.17, 15) is 9.59 Å². The molecule has 0 aliphatic rings. The van der Waals surface area contributed by atoms with Gasteiger partial charge in [-0.05, 0) is 18.2 Å². The lowest BCUT2D eigenvalue weighted by molar-refractivity contribution is -0.138. The summed E-state index contributed by atoms with van der Waals surface area (Å²) in [6.07, 6.45) is -0.262. The number of benzene rings is 1. The number of carbonyl (C=O) groups excluding carboxylic acids is 1. The van der Waals surface area contributed by atoms with Crippen molar-refractivity contribution < 1.29 is 14.7 Å². The van der Waals surface area contributed by atoms with Crippen molar-refractivity contribution >= 4 is 45.1 Å². The summed E-state index contributed by atoms with van der Waals surface area (Å²) in [5.74, 6) is -1.37. The molecule has 0 aromatic heterocycles. The monoisotopic (exact) mass is 305 g/mol. The molecule has 0 radical (unpaired) electrons. The predicted octanol–water partition coefficient (Wildman–Crippen LogP) is 2.91. The van der Waals surface area contributed by atoms with E-state index in [1.54, 1.807) is 18.2 Å². The van der Waals surface area contributed by atoms with E-state index >= 15 is 0 Å².